The Labute approximate surface area is 361 Å². The number of fused-ring (bicyclic) bond motifs is 5. The molecule has 0 radical (unpaired) electrons. The zero-order valence-electron chi connectivity index (χ0n) is 36.8. The summed E-state index contributed by atoms with van der Waals surface area (Å²) in [6.07, 6.45) is -11.5. The van der Waals surface area contributed by atoms with Crippen molar-refractivity contribution in [3.8, 4) is 0 Å². The number of hydrogen-bond acceptors (Lipinski definition) is 15. The number of benzene rings is 2. The maximum atomic E-state index is 14.4. The first-order chi connectivity index (χ1) is 28.9. The molecule has 1 heterocycles. The van der Waals surface area contributed by atoms with Crippen molar-refractivity contribution in [2.45, 2.75) is 141 Å². The number of carbonyl (C=O) groups excluding carboxylic acids is 5. The predicted octanol–water partition coefficient (Wildman–Crippen LogP) is 4.28. The van der Waals surface area contributed by atoms with E-state index in [-0.39, 0.29) is 29.7 Å². The summed E-state index contributed by atoms with van der Waals surface area (Å²) in [6.45, 7) is 13.6. The number of alkyl carbamates (subject to hydrolysis) is 1. The molecular weight excluding hydrogens is 806 g/mol. The van der Waals surface area contributed by atoms with Gasteiger partial charge in [-0.25, -0.2) is 14.4 Å². The fourth-order valence-electron chi connectivity index (χ4n) is 10.4. The summed E-state index contributed by atoms with van der Waals surface area (Å²) in [4.78, 5) is 67.9. The number of aliphatic hydroxyl groups excluding tert-OH is 2. The molecule has 0 spiro atoms. The minimum atomic E-state index is -2.30. The second-order valence-corrected chi connectivity index (χ2v) is 18.6. The van der Waals surface area contributed by atoms with E-state index < -0.39 is 119 Å². The van der Waals surface area contributed by atoms with E-state index in [0.29, 0.717) is 5.56 Å². The van der Waals surface area contributed by atoms with Crippen LogP contribution in [0.4, 0.5) is 4.79 Å². The van der Waals surface area contributed by atoms with Gasteiger partial charge in [0.15, 0.2) is 17.8 Å². The average molecular weight is 866 g/mol. The van der Waals surface area contributed by atoms with E-state index in [9.17, 15) is 39.3 Å². The number of esters is 4. The van der Waals surface area contributed by atoms with Gasteiger partial charge < -0.3 is 53.8 Å². The molecule has 3 fully saturated rings. The van der Waals surface area contributed by atoms with Crippen LogP contribution in [0.1, 0.15) is 97.1 Å². The van der Waals surface area contributed by atoms with E-state index in [1.807, 2.05) is 0 Å². The quantitative estimate of drug-likeness (QED) is 0.149. The lowest BCUT2D eigenvalue weighted by atomic mass is 9.44. The standard InChI is InChI=1S/C46H59NO15/c1-24-29(59-40(53)34(50)33(27-17-13-11-14-18-27)47-41(54)62-42(4,5)6)22-46(55)38(60-39(52)28-19-15-12-16-20-28)36-44(9,37(51)35(58-25(2)48)32(24)43(46,7)8)30(56-10)21-31-45(36,23-57-31)61-26(3)49/h11-20,29-31,33-38,50-51,55H,21-23H2,1-10H3,(H,47,54)/t29-,30-,31?,33-,34+,35+,36-,37-,38-,44+,45-,46+/m0/s1. The number of carbonyl (C=O) groups is 5. The van der Waals surface area contributed by atoms with Crippen LogP contribution < -0.4 is 5.32 Å². The third-order valence-corrected chi connectivity index (χ3v) is 13.3. The van der Waals surface area contributed by atoms with Crippen LogP contribution in [0, 0.1) is 16.7 Å². The summed E-state index contributed by atoms with van der Waals surface area (Å²) in [5, 5.41) is 41.1. The zero-order chi connectivity index (χ0) is 45.7. The molecule has 12 atom stereocenters. The lowest BCUT2D eigenvalue weighted by Gasteiger charge is -2.69. The summed E-state index contributed by atoms with van der Waals surface area (Å²) in [7, 11) is 1.42. The van der Waals surface area contributed by atoms with Gasteiger partial charge in [-0.1, -0.05) is 69.3 Å². The molecule has 2 aromatic carbocycles. The second kappa shape index (κ2) is 17.0. The Bertz CT molecular complexity index is 2070. The molecule has 4 N–H and O–H groups in total. The fourth-order valence-corrected chi connectivity index (χ4v) is 10.4. The van der Waals surface area contributed by atoms with E-state index in [4.69, 9.17) is 33.2 Å². The molecule has 0 aromatic heterocycles. The van der Waals surface area contributed by atoms with Gasteiger partial charge in [0.2, 0.25) is 0 Å². The Morgan fingerprint density at radius 2 is 1.52 bits per heavy atom. The minimum absolute atomic E-state index is 0.0951. The van der Waals surface area contributed by atoms with Crippen LogP contribution in [0.3, 0.4) is 0 Å². The molecule has 62 heavy (non-hydrogen) atoms. The summed E-state index contributed by atoms with van der Waals surface area (Å²) in [6, 6.07) is 14.9. The fraction of sp³-hybridized carbons (Fsp3) is 0.587. The van der Waals surface area contributed by atoms with Crippen LogP contribution in [0.15, 0.2) is 71.8 Å². The minimum Gasteiger partial charge on any atom is -0.456 e. The highest BCUT2D eigenvalue weighted by Crippen LogP contribution is 2.65. The third kappa shape index (κ3) is 8.11. The number of ether oxygens (including phenoxy) is 7. The monoisotopic (exact) mass is 865 g/mol. The van der Waals surface area contributed by atoms with Crippen molar-refractivity contribution in [1.29, 1.82) is 0 Å². The van der Waals surface area contributed by atoms with Crippen LogP contribution in [0.25, 0.3) is 0 Å². The van der Waals surface area contributed by atoms with E-state index in [0.717, 1.165) is 6.92 Å². The SMILES string of the molecule is CO[C@H]1CC2OC[C@@]2(OC(C)=O)[C@H]2[C@H](OC(=O)c3ccccc3)[C@]3(O)C[C@H](OC(=O)[C@H](O)[C@@H](NC(=O)OC(C)(C)C)c4ccccc4)C(C)=C([C@@H](OC(C)=O)[C@H](O)[C@]12C)C3(C)C. The molecule has 6 rings (SSSR count). The Morgan fingerprint density at radius 1 is 0.903 bits per heavy atom. The van der Waals surface area contributed by atoms with Crippen LogP contribution in [0.2, 0.25) is 0 Å². The van der Waals surface area contributed by atoms with Gasteiger partial charge in [0.25, 0.3) is 0 Å². The molecule has 3 aliphatic carbocycles. The lowest BCUT2D eigenvalue weighted by molar-refractivity contribution is -0.366. The average Bonchev–Trinajstić information content (AvgIpc) is 3.19. The molecule has 1 unspecified atom stereocenters. The van der Waals surface area contributed by atoms with Gasteiger partial charge in [-0.3, -0.25) is 9.59 Å². The molecule has 16 nitrogen and oxygen atoms in total. The highest BCUT2D eigenvalue weighted by molar-refractivity contribution is 5.89. The topological polar surface area (TPSA) is 223 Å². The van der Waals surface area contributed by atoms with Gasteiger partial charge in [0, 0.05) is 44.6 Å². The number of methoxy groups -OCH3 is 1. The van der Waals surface area contributed by atoms with Crippen molar-refractivity contribution in [3.63, 3.8) is 0 Å². The maximum absolute atomic E-state index is 14.4. The molecule has 338 valence electrons. The van der Waals surface area contributed by atoms with Crippen LogP contribution >= 0.6 is 0 Å². The van der Waals surface area contributed by atoms with Crippen molar-refractivity contribution in [2.24, 2.45) is 16.7 Å². The molecule has 2 bridgehead atoms. The number of rotatable bonds is 10. The van der Waals surface area contributed by atoms with Gasteiger partial charge >= 0.3 is 30.0 Å². The lowest BCUT2D eigenvalue weighted by Crippen LogP contribution is -2.82. The van der Waals surface area contributed by atoms with E-state index >= 15 is 0 Å². The van der Waals surface area contributed by atoms with Gasteiger partial charge in [-0.05, 0) is 56.5 Å². The van der Waals surface area contributed by atoms with Crippen molar-refractivity contribution in [1.82, 2.24) is 5.32 Å². The molecule has 1 amide bonds. The normalized spacial score (nSPS) is 33.3. The molecule has 4 aliphatic rings. The van der Waals surface area contributed by atoms with Crippen molar-refractivity contribution in [2.75, 3.05) is 13.7 Å². The first kappa shape index (κ1) is 46.6. The maximum Gasteiger partial charge on any atom is 0.408 e. The number of nitrogens with one attached hydrogen (secondary N) is 1. The number of amides is 1. The van der Waals surface area contributed by atoms with Gasteiger partial charge in [-0.2, -0.15) is 0 Å². The number of aliphatic hydroxyl groups is 3. The van der Waals surface area contributed by atoms with Gasteiger partial charge in [0.05, 0.1) is 30.2 Å². The second-order valence-electron chi connectivity index (χ2n) is 18.6. The van der Waals surface area contributed by atoms with E-state index in [2.05, 4.69) is 5.32 Å². The van der Waals surface area contributed by atoms with Crippen LogP contribution in [0.5, 0.6) is 0 Å². The van der Waals surface area contributed by atoms with Crippen molar-refractivity contribution >= 4 is 30.0 Å². The highest BCUT2D eigenvalue weighted by atomic mass is 16.6. The summed E-state index contributed by atoms with van der Waals surface area (Å²) < 4.78 is 42.4. The largest absolute Gasteiger partial charge is 0.456 e. The van der Waals surface area contributed by atoms with Crippen LogP contribution in [-0.4, -0.2) is 119 Å². The first-order valence-corrected chi connectivity index (χ1v) is 20.7. The molecule has 1 saturated heterocycles. The zero-order valence-corrected chi connectivity index (χ0v) is 36.8. The summed E-state index contributed by atoms with van der Waals surface area (Å²) >= 11 is 0. The van der Waals surface area contributed by atoms with Crippen LogP contribution in [-0.2, 0) is 47.5 Å². The third-order valence-electron chi connectivity index (χ3n) is 13.3. The van der Waals surface area contributed by atoms with Gasteiger partial charge in [-0.15, -0.1) is 0 Å². The van der Waals surface area contributed by atoms with E-state index in [1.165, 1.54) is 26.2 Å². The number of hydrogen-bond donors (Lipinski definition) is 4. The summed E-state index contributed by atoms with van der Waals surface area (Å²) in [5.41, 5.74) is -7.17. The Balaban J connectivity index is 1.55. The Morgan fingerprint density at radius 3 is 2.05 bits per heavy atom. The molecule has 1 aliphatic heterocycles. The molecule has 16 heteroatoms. The summed E-state index contributed by atoms with van der Waals surface area (Å²) in [5.74, 6) is -4.91. The Hall–Kier alpha value is -4.87. The van der Waals surface area contributed by atoms with Crippen molar-refractivity contribution < 1.29 is 72.5 Å². The molecule has 2 aromatic rings. The highest BCUT2D eigenvalue weighted by Gasteiger charge is 2.78. The smallest absolute Gasteiger partial charge is 0.408 e. The first-order valence-electron chi connectivity index (χ1n) is 20.7. The predicted molar refractivity (Wildman–Crippen MR) is 219 cm³/mol. The Kier molecular flexibility index (Phi) is 12.8. The van der Waals surface area contributed by atoms with Crippen molar-refractivity contribution in [3.05, 3.63) is 82.9 Å². The van der Waals surface area contributed by atoms with E-state index in [1.54, 1.807) is 97.0 Å². The molecule has 2 saturated carbocycles. The van der Waals surface area contributed by atoms with Gasteiger partial charge in [0.1, 0.15) is 35.6 Å². The molecular formula is C46H59NO15.